The second-order valence-corrected chi connectivity index (χ2v) is 7.83. The van der Waals surface area contributed by atoms with Gasteiger partial charge in [0.1, 0.15) is 5.75 Å². The molecular weight excluding hydrogens is 428 g/mol. The Bertz CT molecular complexity index is 1290. The molecule has 0 saturated carbocycles. The number of carboxylic acid groups (broad SMARTS) is 1. The number of pyridine rings is 1. The molecule has 4 aromatic rings. The Morgan fingerprint density at radius 3 is 2.50 bits per heavy atom. The summed E-state index contributed by atoms with van der Waals surface area (Å²) in [7, 11) is 1.57. The molecule has 3 N–H and O–H groups in total. The molecule has 0 aliphatic carbocycles. The highest BCUT2D eigenvalue weighted by atomic mass is 16.5. The Labute approximate surface area is 198 Å². The number of methoxy groups -OCH3 is 1. The summed E-state index contributed by atoms with van der Waals surface area (Å²) in [4.78, 5) is 15.5. The second kappa shape index (κ2) is 10.6. The predicted molar refractivity (Wildman–Crippen MR) is 133 cm³/mol. The van der Waals surface area contributed by atoms with E-state index in [0.717, 1.165) is 33.2 Å². The molecule has 6 heteroatoms. The summed E-state index contributed by atoms with van der Waals surface area (Å²) in [5.74, 6) is 0.383. The van der Waals surface area contributed by atoms with Crippen LogP contribution in [0.1, 0.15) is 33.9 Å². The van der Waals surface area contributed by atoms with Gasteiger partial charge in [0.25, 0.3) is 0 Å². The lowest BCUT2D eigenvalue weighted by molar-refractivity contribution is 0.0697. The largest absolute Gasteiger partial charge is 0.493 e. The smallest absolute Gasteiger partial charge is 0.335 e. The first-order valence-corrected chi connectivity index (χ1v) is 10.9. The molecular formula is C28H26N2O4. The Kier molecular flexibility index (Phi) is 7.20. The first kappa shape index (κ1) is 23.0. The van der Waals surface area contributed by atoms with Gasteiger partial charge in [-0.3, -0.25) is 0 Å². The van der Waals surface area contributed by atoms with Crippen molar-refractivity contribution in [1.29, 1.82) is 0 Å². The molecule has 0 aliphatic heterocycles. The van der Waals surface area contributed by atoms with Gasteiger partial charge in [-0.05, 0) is 40.3 Å². The zero-order valence-electron chi connectivity index (χ0n) is 18.8. The van der Waals surface area contributed by atoms with Crippen molar-refractivity contribution in [3.63, 3.8) is 0 Å². The maximum atomic E-state index is 11.2. The summed E-state index contributed by atoms with van der Waals surface area (Å²) >= 11 is 0. The molecule has 1 unspecified atom stereocenters. The lowest BCUT2D eigenvalue weighted by Gasteiger charge is -2.18. The van der Waals surface area contributed by atoms with Gasteiger partial charge in [0.2, 0.25) is 5.88 Å². The molecule has 0 spiro atoms. The van der Waals surface area contributed by atoms with Gasteiger partial charge in [-0.25, -0.2) is 9.78 Å². The number of nitrogens with zero attached hydrogens (tertiary/aromatic N) is 1. The molecule has 1 atom stereocenters. The minimum atomic E-state index is -0.958. The van der Waals surface area contributed by atoms with Gasteiger partial charge < -0.3 is 20.3 Å². The average Bonchev–Trinajstić information content (AvgIpc) is 2.88. The molecule has 0 fully saturated rings. The zero-order valence-corrected chi connectivity index (χ0v) is 18.8. The van der Waals surface area contributed by atoms with Crippen LogP contribution in [0, 0.1) is 0 Å². The third kappa shape index (κ3) is 5.42. The maximum Gasteiger partial charge on any atom is 0.335 e. The predicted octanol–water partition coefficient (Wildman–Crippen LogP) is 5.49. The second-order valence-electron chi connectivity index (χ2n) is 7.83. The molecule has 0 aliphatic rings. The molecule has 0 radical (unpaired) electrons. The van der Waals surface area contributed by atoms with Crippen molar-refractivity contribution in [2.24, 2.45) is 5.73 Å². The van der Waals surface area contributed by atoms with Gasteiger partial charge in [-0.1, -0.05) is 60.7 Å². The number of carboxylic acids is 1. The molecule has 1 heterocycles. The van der Waals surface area contributed by atoms with Gasteiger partial charge in [-0.2, -0.15) is 0 Å². The van der Waals surface area contributed by atoms with Crippen LogP contribution in [0.15, 0.2) is 90.6 Å². The summed E-state index contributed by atoms with van der Waals surface area (Å²) in [6.45, 7) is 0.435. The highest BCUT2D eigenvalue weighted by molar-refractivity contribution is 5.88. The van der Waals surface area contributed by atoms with E-state index in [1.165, 1.54) is 0 Å². The minimum Gasteiger partial charge on any atom is -0.493 e. The molecule has 1 aromatic heterocycles. The van der Waals surface area contributed by atoms with E-state index >= 15 is 0 Å². The van der Waals surface area contributed by atoms with E-state index in [2.05, 4.69) is 17.1 Å². The molecule has 4 rings (SSSR count). The summed E-state index contributed by atoms with van der Waals surface area (Å²) in [6.07, 6.45) is 4.26. The lowest BCUT2D eigenvalue weighted by Crippen LogP contribution is -2.16. The number of hydrogen-bond acceptors (Lipinski definition) is 5. The monoisotopic (exact) mass is 454 g/mol. The normalized spacial score (nSPS) is 12.4. The molecule has 34 heavy (non-hydrogen) atoms. The fourth-order valence-electron chi connectivity index (χ4n) is 3.76. The number of carbonyl (C=O) groups is 1. The van der Waals surface area contributed by atoms with E-state index in [0.29, 0.717) is 18.9 Å². The first-order valence-electron chi connectivity index (χ1n) is 10.9. The van der Waals surface area contributed by atoms with Gasteiger partial charge in [0, 0.05) is 24.1 Å². The van der Waals surface area contributed by atoms with Crippen molar-refractivity contribution in [3.8, 4) is 11.6 Å². The third-order valence-electron chi connectivity index (χ3n) is 5.63. The van der Waals surface area contributed by atoms with Gasteiger partial charge >= 0.3 is 5.97 Å². The standard InChI is InChI=1S/C28H26N2O4/c1-33-26-14-13-23(18-30-26)27(29)22(17-19-9-11-21(12-10-19)28(31)32)15-16-34-25-8-4-6-20-5-2-3-7-24(20)25/h2-14,17-18,27H,15-16,29H2,1H3,(H,31,32)/b22-17-. The molecule has 0 bridgehead atoms. The third-order valence-corrected chi connectivity index (χ3v) is 5.63. The van der Waals surface area contributed by atoms with Crippen LogP contribution in [0.4, 0.5) is 0 Å². The number of benzene rings is 3. The van der Waals surface area contributed by atoms with E-state index in [9.17, 15) is 4.79 Å². The maximum absolute atomic E-state index is 11.2. The Hall–Kier alpha value is -4.16. The Morgan fingerprint density at radius 2 is 1.79 bits per heavy atom. The fraction of sp³-hybridized carbons (Fsp3) is 0.143. The van der Waals surface area contributed by atoms with Crippen molar-refractivity contribution in [2.75, 3.05) is 13.7 Å². The van der Waals surface area contributed by atoms with Crippen LogP contribution in [-0.4, -0.2) is 29.8 Å². The van der Waals surface area contributed by atoms with Gasteiger partial charge in [-0.15, -0.1) is 0 Å². The summed E-state index contributed by atoms with van der Waals surface area (Å²) in [5.41, 5.74) is 9.52. The highest BCUT2D eigenvalue weighted by Crippen LogP contribution is 2.28. The minimum absolute atomic E-state index is 0.238. The summed E-state index contributed by atoms with van der Waals surface area (Å²) < 4.78 is 11.3. The number of rotatable bonds is 9. The summed E-state index contributed by atoms with van der Waals surface area (Å²) in [6, 6.07) is 24.1. The van der Waals surface area contributed by atoms with Crippen molar-refractivity contribution >= 4 is 22.8 Å². The van der Waals surface area contributed by atoms with Crippen LogP contribution >= 0.6 is 0 Å². The van der Waals surface area contributed by atoms with E-state index in [1.807, 2.05) is 42.5 Å². The van der Waals surface area contributed by atoms with Gasteiger partial charge in [0.15, 0.2) is 0 Å². The Balaban J connectivity index is 1.57. The van der Waals surface area contributed by atoms with Crippen molar-refractivity contribution < 1.29 is 19.4 Å². The van der Waals surface area contributed by atoms with E-state index in [4.69, 9.17) is 20.3 Å². The molecule has 3 aromatic carbocycles. The topological polar surface area (TPSA) is 94.7 Å². The van der Waals surface area contributed by atoms with Crippen LogP contribution in [0.3, 0.4) is 0 Å². The van der Waals surface area contributed by atoms with Crippen molar-refractivity contribution in [2.45, 2.75) is 12.5 Å². The molecule has 0 amide bonds. The van der Waals surface area contributed by atoms with Gasteiger partial charge in [0.05, 0.1) is 25.3 Å². The average molecular weight is 455 g/mol. The van der Waals surface area contributed by atoms with Crippen LogP contribution in [0.5, 0.6) is 11.6 Å². The van der Waals surface area contributed by atoms with E-state index in [-0.39, 0.29) is 5.56 Å². The number of nitrogens with two attached hydrogens (primary N) is 1. The highest BCUT2D eigenvalue weighted by Gasteiger charge is 2.14. The summed E-state index contributed by atoms with van der Waals surface area (Å²) in [5, 5.41) is 11.3. The van der Waals surface area contributed by atoms with Crippen LogP contribution < -0.4 is 15.2 Å². The number of aromatic carboxylic acids is 1. The Morgan fingerprint density at radius 1 is 1.03 bits per heavy atom. The lowest BCUT2D eigenvalue weighted by atomic mass is 9.96. The van der Waals surface area contributed by atoms with Crippen LogP contribution in [0.25, 0.3) is 16.8 Å². The van der Waals surface area contributed by atoms with Crippen LogP contribution in [0.2, 0.25) is 0 Å². The number of ether oxygens (including phenoxy) is 2. The SMILES string of the molecule is COc1ccc(C(N)/C(=C\c2ccc(C(=O)O)cc2)CCOc2cccc3ccccc23)cn1. The number of aromatic nitrogens is 1. The molecule has 0 saturated heterocycles. The fourth-order valence-corrected chi connectivity index (χ4v) is 3.76. The van der Waals surface area contributed by atoms with Crippen molar-refractivity contribution in [3.05, 3.63) is 107 Å². The number of fused-ring (bicyclic) bond motifs is 1. The van der Waals surface area contributed by atoms with E-state index in [1.54, 1.807) is 43.6 Å². The molecule has 172 valence electrons. The number of hydrogen-bond donors (Lipinski definition) is 2. The van der Waals surface area contributed by atoms with Crippen LogP contribution in [-0.2, 0) is 0 Å². The van der Waals surface area contributed by atoms with Crippen molar-refractivity contribution in [1.82, 2.24) is 4.98 Å². The quantitative estimate of drug-likeness (QED) is 0.347. The molecule has 6 nitrogen and oxygen atoms in total. The first-order chi connectivity index (χ1) is 16.5. The zero-order chi connectivity index (χ0) is 23.9. The van der Waals surface area contributed by atoms with E-state index < -0.39 is 12.0 Å².